The van der Waals surface area contributed by atoms with E-state index in [4.69, 9.17) is 4.74 Å². The van der Waals surface area contributed by atoms with Crippen molar-refractivity contribution >= 4 is 17.3 Å². The van der Waals surface area contributed by atoms with Crippen LogP contribution in [-0.2, 0) is 9.53 Å². The van der Waals surface area contributed by atoms with Crippen LogP contribution in [0.3, 0.4) is 0 Å². The molecule has 0 spiro atoms. The van der Waals surface area contributed by atoms with E-state index in [2.05, 4.69) is 6.92 Å². The second kappa shape index (κ2) is 8.94. The predicted molar refractivity (Wildman–Crippen MR) is 81.5 cm³/mol. The third-order valence-corrected chi connectivity index (χ3v) is 3.08. The zero-order valence-corrected chi connectivity index (χ0v) is 12.6. The van der Waals surface area contributed by atoms with E-state index in [0.29, 0.717) is 6.61 Å². The maximum Gasteiger partial charge on any atom is 0.325 e. The molecule has 0 aliphatic carbocycles. The number of esters is 1. The van der Waals surface area contributed by atoms with E-state index in [0.717, 1.165) is 31.5 Å². The first-order chi connectivity index (χ1) is 10.1. The number of nitro groups is 1. The van der Waals surface area contributed by atoms with Gasteiger partial charge in [0.05, 0.1) is 11.5 Å². The molecule has 21 heavy (non-hydrogen) atoms. The highest BCUT2D eigenvalue weighted by atomic mass is 16.6. The fourth-order valence-electron chi connectivity index (χ4n) is 2.00. The number of non-ortho nitro benzene ring substituents is 1. The Morgan fingerprint density at radius 3 is 2.43 bits per heavy atom. The molecule has 6 nitrogen and oxygen atoms in total. The standard InChI is InChI=1S/C15H22N2O4/c1-3-5-6-11-16(12-15(18)21-4-2)13-7-9-14(10-8-13)17(19)20/h7-10H,3-6,11-12H2,1-2H3. The second-order valence-corrected chi connectivity index (χ2v) is 4.71. The summed E-state index contributed by atoms with van der Waals surface area (Å²) in [4.78, 5) is 23.8. The lowest BCUT2D eigenvalue weighted by molar-refractivity contribution is -0.384. The van der Waals surface area contributed by atoms with E-state index < -0.39 is 4.92 Å². The molecule has 0 amide bonds. The molecule has 0 aliphatic heterocycles. The van der Waals surface area contributed by atoms with Crippen LogP contribution < -0.4 is 4.90 Å². The molecule has 0 aliphatic rings. The monoisotopic (exact) mass is 294 g/mol. The maximum atomic E-state index is 11.7. The lowest BCUT2D eigenvalue weighted by Crippen LogP contribution is -2.31. The van der Waals surface area contributed by atoms with Gasteiger partial charge in [0, 0.05) is 24.4 Å². The summed E-state index contributed by atoms with van der Waals surface area (Å²) < 4.78 is 4.97. The molecule has 0 unspecified atom stereocenters. The Morgan fingerprint density at radius 2 is 1.90 bits per heavy atom. The van der Waals surface area contributed by atoms with Crippen LogP contribution in [0.15, 0.2) is 24.3 Å². The molecular weight excluding hydrogens is 272 g/mol. The van der Waals surface area contributed by atoms with Crippen molar-refractivity contribution in [2.45, 2.75) is 33.1 Å². The van der Waals surface area contributed by atoms with Crippen molar-refractivity contribution in [1.29, 1.82) is 0 Å². The number of nitro benzene ring substituents is 1. The van der Waals surface area contributed by atoms with Crippen LogP contribution in [0.1, 0.15) is 33.1 Å². The Hall–Kier alpha value is -2.11. The highest BCUT2D eigenvalue weighted by molar-refractivity contribution is 5.76. The molecule has 0 bridgehead atoms. The van der Waals surface area contributed by atoms with Crippen molar-refractivity contribution in [2.75, 3.05) is 24.6 Å². The summed E-state index contributed by atoms with van der Waals surface area (Å²) in [6.45, 7) is 5.12. The van der Waals surface area contributed by atoms with Crippen LogP contribution in [0.5, 0.6) is 0 Å². The molecule has 0 radical (unpaired) electrons. The number of anilines is 1. The first-order valence-electron chi connectivity index (χ1n) is 7.23. The van der Waals surface area contributed by atoms with Gasteiger partial charge in [-0.15, -0.1) is 0 Å². The lowest BCUT2D eigenvalue weighted by atomic mass is 10.2. The van der Waals surface area contributed by atoms with E-state index in [9.17, 15) is 14.9 Å². The molecule has 0 heterocycles. The molecule has 1 aromatic rings. The zero-order chi connectivity index (χ0) is 15.7. The average Bonchev–Trinajstić information content (AvgIpc) is 2.47. The van der Waals surface area contributed by atoms with Gasteiger partial charge in [0.2, 0.25) is 0 Å². The molecule has 0 fully saturated rings. The molecule has 0 aromatic heterocycles. The Balaban J connectivity index is 2.78. The van der Waals surface area contributed by atoms with Gasteiger partial charge in [-0.25, -0.2) is 0 Å². The molecule has 0 saturated carbocycles. The number of hydrogen-bond acceptors (Lipinski definition) is 5. The van der Waals surface area contributed by atoms with Gasteiger partial charge in [-0.2, -0.15) is 0 Å². The number of nitrogens with zero attached hydrogens (tertiary/aromatic N) is 2. The van der Waals surface area contributed by atoms with Crippen LogP contribution in [-0.4, -0.2) is 30.6 Å². The second-order valence-electron chi connectivity index (χ2n) is 4.71. The van der Waals surface area contributed by atoms with Gasteiger partial charge in [-0.05, 0) is 25.5 Å². The third-order valence-electron chi connectivity index (χ3n) is 3.08. The summed E-state index contributed by atoms with van der Waals surface area (Å²) in [5.74, 6) is -0.285. The zero-order valence-electron chi connectivity index (χ0n) is 12.6. The summed E-state index contributed by atoms with van der Waals surface area (Å²) in [7, 11) is 0. The average molecular weight is 294 g/mol. The Bertz CT molecular complexity index is 459. The molecule has 0 atom stereocenters. The number of carbonyl (C=O) groups excluding carboxylic acids is 1. The third kappa shape index (κ3) is 5.81. The summed E-state index contributed by atoms with van der Waals surface area (Å²) in [6, 6.07) is 6.24. The lowest BCUT2D eigenvalue weighted by Gasteiger charge is -2.23. The SMILES string of the molecule is CCCCCN(CC(=O)OCC)c1ccc([N+](=O)[O-])cc1. The van der Waals surface area contributed by atoms with Crippen molar-refractivity contribution in [3.63, 3.8) is 0 Å². The number of rotatable bonds is 9. The normalized spacial score (nSPS) is 10.2. The van der Waals surface area contributed by atoms with Crippen molar-refractivity contribution in [2.24, 2.45) is 0 Å². The Labute approximate surface area is 124 Å². The van der Waals surface area contributed by atoms with E-state index in [-0.39, 0.29) is 18.2 Å². The van der Waals surface area contributed by atoms with E-state index in [1.165, 1.54) is 12.1 Å². The van der Waals surface area contributed by atoms with Gasteiger partial charge < -0.3 is 9.64 Å². The smallest absolute Gasteiger partial charge is 0.325 e. The summed E-state index contributed by atoms with van der Waals surface area (Å²) in [6.07, 6.45) is 3.13. The molecule has 116 valence electrons. The number of carbonyl (C=O) groups is 1. The molecular formula is C15H22N2O4. The summed E-state index contributed by atoms with van der Waals surface area (Å²) >= 11 is 0. The molecule has 1 aromatic carbocycles. The number of hydrogen-bond donors (Lipinski definition) is 0. The number of ether oxygens (including phenoxy) is 1. The van der Waals surface area contributed by atoms with Crippen LogP contribution in [0, 0.1) is 10.1 Å². The van der Waals surface area contributed by atoms with Crippen molar-refractivity contribution in [3.8, 4) is 0 Å². The molecule has 6 heteroatoms. The fourth-order valence-corrected chi connectivity index (χ4v) is 2.00. The number of unbranched alkanes of at least 4 members (excludes halogenated alkanes) is 2. The molecule has 0 saturated heterocycles. The minimum atomic E-state index is -0.434. The van der Waals surface area contributed by atoms with Crippen LogP contribution >= 0.6 is 0 Å². The topological polar surface area (TPSA) is 72.7 Å². The highest BCUT2D eigenvalue weighted by Crippen LogP contribution is 2.20. The largest absolute Gasteiger partial charge is 0.465 e. The van der Waals surface area contributed by atoms with Gasteiger partial charge in [0.1, 0.15) is 6.54 Å². The van der Waals surface area contributed by atoms with Crippen LogP contribution in [0.2, 0.25) is 0 Å². The quantitative estimate of drug-likeness (QED) is 0.303. The van der Waals surface area contributed by atoms with E-state index in [1.807, 2.05) is 4.90 Å². The summed E-state index contributed by atoms with van der Waals surface area (Å²) in [5.41, 5.74) is 0.841. The van der Waals surface area contributed by atoms with Crippen molar-refractivity contribution < 1.29 is 14.5 Å². The molecule has 0 N–H and O–H groups in total. The van der Waals surface area contributed by atoms with E-state index >= 15 is 0 Å². The predicted octanol–water partition coefficient (Wildman–Crippen LogP) is 3.15. The Morgan fingerprint density at radius 1 is 1.24 bits per heavy atom. The minimum Gasteiger partial charge on any atom is -0.465 e. The van der Waals surface area contributed by atoms with E-state index in [1.54, 1.807) is 19.1 Å². The minimum absolute atomic E-state index is 0.0448. The first kappa shape index (κ1) is 16.9. The highest BCUT2D eigenvalue weighted by Gasteiger charge is 2.13. The van der Waals surface area contributed by atoms with Crippen LogP contribution in [0.25, 0.3) is 0 Å². The van der Waals surface area contributed by atoms with Gasteiger partial charge in [-0.3, -0.25) is 14.9 Å². The van der Waals surface area contributed by atoms with Crippen molar-refractivity contribution in [3.05, 3.63) is 34.4 Å². The molecule has 1 rings (SSSR count). The van der Waals surface area contributed by atoms with Crippen molar-refractivity contribution in [1.82, 2.24) is 0 Å². The van der Waals surface area contributed by atoms with Crippen LogP contribution in [0.4, 0.5) is 11.4 Å². The number of benzene rings is 1. The summed E-state index contributed by atoms with van der Waals surface area (Å²) in [5, 5.41) is 10.7. The van der Waals surface area contributed by atoms with Gasteiger partial charge in [0.25, 0.3) is 5.69 Å². The Kier molecular flexibility index (Phi) is 7.21. The van der Waals surface area contributed by atoms with Gasteiger partial charge in [-0.1, -0.05) is 19.8 Å². The maximum absolute atomic E-state index is 11.7. The first-order valence-corrected chi connectivity index (χ1v) is 7.23. The fraction of sp³-hybridized carbons (Fsp3) is 0.533. The van der Waals surface area contributed by atoms with Gasteiger partial charge >= 0.3 is 5.97 Å². The van der Waals surface area contributed by atoms with Gasteiger partial charge in [0.15, 0.2) is 0 Å².